The lowest BCUT2D eigenvalue weighted by molar-refractivity contribution is 0.0732. The van der Waals surface area contributed by atoms with E-state index in [1.165, 1.54) is 33.5 Å². The van der Waals surface area contributed by atoms with Gasteiger partial charge in [0.05, 0.1) is 32.5 Å². The molecule has 0 fully saturated rings. The second-order valence-corrected chi connectivity index (χ2v) is 7.22. The van der Waals surface area contributed by atoms with Gasteiger partial charge in [-0.25, -0.2) is 4.79 Å². The van der Waals surface area contributed by atoms with Crippen LogP contribution in [0.2, 0.25) is 0 Å². The average molecular weight is 446 g/mol. The molecule has 4 rings (SSSR count). The fraction of sp³-hybridized carbons (Fsp3) is 0.154. The van der Waals surface area contributed by atoms with E-state index in [9.17, 15) is 9.59 Å². The number of rotatable bonds is 6. The summed E-state index contributed by atoms with van der Waals surface area (Å²) < 4.78 is 27.4. The topological polar surface area (TPSA) is 80.3 Å². The number of fused-ring (bicyclic) bond motifs is 1. The fourth-order valence-electron chi connectivity index (χ4n) is 3.54. The lowest BCUT2D eigenvalue weighted by Gasteiger charge is -2.14. The highest BCUT2D eigenvalue weighted by Gasteiger charge is 2.30. The molecule has 1 aliphatic rings. The van der Waals surface area contributed by atoms with Crippen LogP contribution in [0.25, 0.3) is 6.08 Å². The van der Waals surface area contributed by atoms with E-state index < -0.39 is 5.97 Å². The number of hydrogen-bond acceptors (Lipinski definition) is 7. The summed E-state index contributed by atoms with van der Waals surface area (Å²) >= 11 is 0. The van der Waals surface area contributed by atoms with Gasteiger partial charge < -0.3 is 23.7 Å². The Morgan fingerprint density at radius 2 is 1.55 bits per heavy atom. The molecule has 1 aliphatic heterocycles. The minimum atomic E-state index is -0.623. The van der Waals surface area contributed by atoms with Crippen molar-refractivity contribution < 1.29 is 33.3 Å². The molecule has 3 aromatic carbocycles. The third-order valence-corrected chi connectivity index (χ3v) is 5.24. The zero-order valence-corrected chi connectivity index (χ0v) is 18.6. The van der Waals surface area contributed by atoms with Crippen LogP contribution in [0.1, 0.15) is 31.8 Å². The largest absolute Gasteiger partial charge is 0.493 e. The smallest absolute Gasteiger partial charge is 0.343 e. The number of methoxy groups -OCH3 is 3. The van der Waals surface area contributed by atoms with Crippen molar-refractivity contribution in [2.45, 2.75) is 6.92 Å². The van der Waals surface area contributed by atoms with Crippen LogP contribution in [-0.2, 0) is 0 Å². The van der Waals surface area contributed by atoms with E-state index in [2.05, 4.69) is 0 Å². The first kappa shape index (κ1) is 22.0. The van der Waals surface area contributed by atoms with Crippen LogP contribution >= 0.6 is 0 Å². The molecule has 0 radical (unpaired) electrons. The Kier molecular flexibility index (Phi) is 6.04. The Labute approximate surface area is 191 Å². The van der Waals surface area contributed by atoms with E-state index in [-0.39, 0.29) is 22.9 Å². The molecule has 7 heteroatoms. The van der Waals surface area contributed by atoms with Crippen molar-refractivity contribution in [3.05, 3.63) is 82.6 Å². The Bertz CT molecular complexity index is 1230. The molecule has 1 heterocycles. The number of ether oxygens (including phenoxy) is 5. The van der Waals surface area contributed by atoms with Crippen LogP contribution in [0.5, 0.6) is 28.7 Å². The number of allylic oxidation sites excluding steroid dienone is 1. The van der Waals surface area contributed by atoms with Crippen molar-refractivity contribution in [3.63, 3.8) is 0 Å². The number of esters is 1. The molecule has 0 N–H and O–H groups in total. The summed E-state index contributed by atoms with van der Waals surface area (Å²) in [6, 6.07) is 15.6. The molecule has 168 valence electrons. The maximum absolute atomic E-state index is 12.9. The van der Waals surface area contributed by atoms with Crippen molar-refractivity contribution >= 4 is 17.8 Å². The summed E-state index contributed by atoms with van der Waals surface area (Å²) in [7, 11) is 4.41. The number of Topliss-reactive ketones (excluding diaryl/α,β-unsaturated/α-hetero) is 1. The zero-order chi connectivity index (χ0) is 23.5. The van der Waals surface area contributed by atoms with Gasteiger partial charge in [-0.2, -0.15) is 0 Å². The van der Waals surface area contributed by atoms with Crippen LogP contribution in [-0.4, -0.2) is 33.1 Å². The highest BCUT2D eigenvalue weighted by atomic mass is 16.5. The Morgan fingerprint density at radius 1 is 0.879 bits per heavy atom. The van der Waals surface area contributed by atoms with Crippen molar-refractivity contribution in [1.29, 1.82) is 0 Å². The standard InChI is InChI=1S/C26H22O7/c1-15-19(33-26(28)17-13-21(29-2)25(31-4)22(14-17)30-3)11-10-18-23(27)20(32-24(15)18)12-16-8-6-5-7-9-16/h5-14H,1-4H3/b20-12-. The molecular weight excluding hydrogens is 424 g/mol. The molecule has 0 saturated heterocycles. The van der Waals surface area contributed by atoms with Crippen LogP contribution in [0, 0.1) is 6.92 Å². The monoisotopic (exact) mass is 446 g/mol. The third kappa shape index (κ3) is 4.13. The Balaban J connectivity index is 1.62. The van der Waals surface area contributed by atoms with Gasteiger partial charge in [0.15, 0.2) is 17.3 Å². The first-order valence-electron chi connectivity index (χ1n) is 10.1. The van der Waals surface area contributed by atoms with Gasteiger partial charge in [0.2, 0.25) is 11.5 Å². The number of benzene rings is 3. The van der Waals surface area contributed by atoms with Crippen LogP contribution in [0.4, 0.5) is 0 Å². The van der Waals surface area contributed by atoms with E-state index in [0.717, 1.165) is 5.56 Å². The fourth-order valence-corrected chi connectivity index (χ4v) is 3.54. The zero-order valence-electron chi connectivity index (χ0n) is 18.6. The van der Waals surface area contributed by atoms with Crippen LogP contribution in [0.15, 0.2) is 60.4 Å². The summed E-state index contributed by atoms with van der Waals surface area (Å²) in [5, 5.41) is 0. The second kappa shape index (κ2) is 9.08. The summed E-state index contributed by atoms with van der Waals surface area (Å²) in [5.41, 5.74) is 2.02. The van der Waals surface area contributed by atoms with Gasteiger partial charge in [0, 0.05) is 5.56 Å². The van der Waals surface area contributed by atoms with Gasteiger partial charge in [-0.3, -0.25) is 4.79 Å². The molecule has 0 unspecified atom stereocenters. The molecule has 0 amide bonds. The highest BCUT2D eigenvalue weighted by Crippen LogP contribution is 2.41. The summed E-state index contributed by atoms with van der Waals surface area (Å²) in [4.78, 5) is 25.6. The van der Waals surface area contributed by atoms with Crippen LogP contribution < -0.4 is 23.7 Å². The van der Waals surface area contributed by atoms with E-state index in [0.29, 0.717) is 34.1 Å². The van der Waals surface area contributed by atoms with E-state index >= 15 is 0 Å². The molecule has 0 spiro atoms. The molecule has 0 aliphatic carbocycles. The maximum Gasteiger partial charge on any atom is 0.343 e. The lowest BCUT2D eigenvalue weighted by atomic mass is 10.1. The van der Waals surface area contributed by atoms with Gasteiger partial charge in [0.1, 0.15) is 11.5 Å². The van der Waals surface area contributed by atoms with Crippen molar-refractivity contribution in [2.24, 2.45) is 0 Å². The number of hydrogen-bond donors (Lipinski definition) is 0. The molecular formula is C26H22O7. The normalized spacial score (nSPS) is 13.3. The predicted octanol–water partition coefficient (Wildman–Crippen LogP) is 4.86. The van der Waals surface area contributed by atoms with Gasteiger partial charge >= 0.3 is 5.97 Å². The molecule has 0 aromatic heterocycles. The molecule has 7 nitrogen and oxygen atoms in total. The summed E-state index contributed by atoms with van der Waals surface area (Å²) in [6.45, 7) is 1.73. The molecule has 0 saturated carbocycles. The van der Waals surface area contributed by atoms with Crippen LogP contribution in [0.3, 0.4) is 0 Å². The first-order chi connectivity index (χ1) is 16.0. The Hall–Kier alpha value is -4.26. The van der Waals surface area contributed by atoms with E-state index in [1.807, 2.05) is 30.3 Å². The van der Waals surface area contributed by atoms with E-state index in [1.54, 1.807) is 25.1 Å². The van der Waals surface area contributed by atoms with Crippen molar-refractivity contribution in [1.82, 2.24) is 0 Å². The highest BCUT2D eigenvalue weighted by molar-refractivity contribution is 6.15. The summed E-state index contributed by atoms with van der Waals surface area (Å²) in [6.07, 6.45) is 1.68. The average Bonchev–Trinajstić information content (AvgIpc) is 3.16. The molecule has 3 aromatic rings. The second-order valence-electron chi connectivity index (χ2n) is 7.22. The van der Waals surface area contributed by atoms with Gasteiger partial charge in [-0.05, 0) is 42.8 Å². The SMILES string of the molecule is COc1cc(C(=O)Oc2ccc3c(c2C)O/C(=C\c2ccccc2)C3=O)cc(OC)c1OC. The quantitative estimate of drug-likeness (QED) is 0.304. The Morgan fingerprint density at radius 3 is 2.15 bits per heavy atom. The maximum atomic E-state index is 12.9. The summed E-state index contributed by atoms with van der Waals surface area (Å²) in [5.74, 6) is 1.06. The first-order valence-corrected chi connectivity index (χ1v) is 10.1. The minimum Gasteiger partial charge on any atom is -0.493 e. The minimum absolute atomic E-state index is 0.214. The number of ketones is 1. The molecule has 0 bridgehead atoms. The van der Waals surface area contributed by atoms with Crippen molar-refractivity contribution in [2.75, 3.05) is 21.3 Å². The molecule has 33 heavy (non-hydrogen) atoms. The van der Waals surface area contributed by atoms with E-state index in [4.69, 9.17) is 23.7 Å². The predicted molar refractivity (Wildman–Crippen MR) is 122 cm³/mol. The van der Waals surface area contributed by atoms with Gasteiger partial charge in [0.25, 0.3) is 0 Å². The molecule has 0 atom stereocenters. The number of carbonyl (C=O) groups excluding carboxylic acids is 2. The third-order valence-electron chi connectivity index (χ3n) is 5.24. The van der Waals surface area contributed by atoms with Crippen molar-refractivity contribution in [3.8, 4) is 28.7 Å². The van der Waals surface area contributed by atoms with Gasteiger partial charge in [-0.15, -0.1) is 0 Å². The van der Waals surface area contributed by atoms with Gasteiger partial charge in [-0.1, -0.05) is 30.3 Å². The lowest BCUT2D eigenvalue weighted by Crippen LogP contribution is -2.10. The number of carbonyl (C=O) groups is 2.